The Morgan fingerprint density at radius 2 is 1.79 bits per heavy atom. The highest BCUT2D eigenvalue weighted by atomic mass is 32.2. The van der Waals surface area contributed by atoms with E-state index in [1.54, 1.807) is 12.1 Å². The Balaban J connectivity index is 2.24. The molecule has 7 heteroatoms. The van der Waals surface area contributed by atoms with Crippen LogP contribution in [0.2, 0.25) is 0 Å². The molecular formula is C12H10N2O4S. The lowest BCUT2D eigenvalue weighted by molar-refractivity contribution is 0.0697. The highest BCUT2D eigenvalue weighted by Crippen LogP contribution is 2.14. The van der Waals surface area contributed by atoms with Crippen LogP contribution in [0.15, 0.2) is 53.7 Å². The van der Waals surface area contributed by atoms with Gasteiger partial charge in [-0.05, 0) is 36.4 Å². The molecule has 6 nitrogen and oxygen atoms in total. The number of pyridine rings is 1. The highest BCUT2D eigenvalue weighted by molar-refractivity contribution is 7.92. The van der Waals surface area contributed by atoms with Crippen molar-refractivity contribution >= 4 is 21.7 Å². The summed E-state index contributed by atoms with van der Waals surface area (Å²) in [6.07, 6.45) is 1.38. The number of hydrogen-bond acceptors (Lipinski definition) is 4. The first kappa shape index (κ1) is 13.0. The van der Waals surface area contributed by atoms with Gasteiger partial charge in [0.15, 0.2) is 5.03 Å². The molecule has 2 aromatic rings. The fourth-order valence-electron chi connectivity index (χ4n) is 1.39. The van der Waals surface area contributed by atoms with Gasteiger partial charge in [-0.2, -0.15) is 8.42 Å². The third kappa shape index (κ3) is 3.08. The van der Waals surface area contributed by atoms with Gasteiger partial charge in [0.05, 0.1) is 5.56 Å². The van der Waals surface area contributed by atoms with Gasteiger partial charge < -0.3 is 5.11 Å². The lowest BCUT2D eigenvalue weighted by Crippen LogP contribution is -2.14. The van der Waals surface area contributed by atoms with E-state index < -0.39 is 16.0 Å². The zero-order valence-electron chi connectivity index (χ0n) is 9.65. The fourth-order valence-corrected chi connectivity index (χ4v) is 2.40. The summed E-state index contributed by atoms with van der Waals surface area (Å²) >= 11 is 0. The summed E-state index contributed by atoms with van der Waals surface area (Å²) in [5.41, 5.74) is 0.358. The van der Waals surface area contributed by atoms with Crippen LogP contribution in [0.25, 0.3) is 0 Å². The maximum absolute atomic E-state index is 11.9. The molecule has 0 aliphatic rings. The largest absolute Gasteiger partial charge is 0.478 e. The zero-order chi connectivity index (χ0) is 13.9. The SMILES string of the molecule is O=C(O)c1ccc(NS(=O)(=O)c2ccccn2)cc1. The highest BCUT2D eigenvalue weighted by Gasteiger charge is 2.15. The summed E-state index contributed by atoms with van der Waals surface area (Å²) in [5.74, 6) is -1.07. The second-order valence-corrected chi connectivity index (χ2v) is 5.29. The van der Waals surface area contributed by atoms with Crippen molar-refractivity contribution in [2.75, 3.05) is 4.72 Å². The summed E-state index contributed by atoms with van der Waals surface area (Å²) in [6, 6.07) is 9.94. The van der Waals surface area contributed by atoms with E-state index in [0.29, 0.717) is 0 Å². The van der Waals surface area contributed by atoms with Gasteiger partial charge in [-0.25, -0.2) is 9.78 Å². The van der Waals surface area contributed by atoms with Crippen LogP contribution in [0.1, 0.15) is 10.4 Å². The maximum atomic E-state index is 11.9. The van der Waals surface area contributed by atoms with Gasteiger partial charge in [0.25, 0.3) is 10.0 Å². The zero-order valence-corrected chi connectivity index (χ0v) is 10.5. The van der Waals surface area contributed by atoms with E-state index in [1.165, 1.54) is 36.5 Å². The average Bonchev–Trinajstić information content (AvgIpc) is 2.40. The minimum Gasteiger partial charge on any atom is -0.478 e. The van der Waals surface area contributed by atoms with Gasteiger partial charge in [-0.15, -0.1) is 0 Å². The number of rotatable bonds is 4. The monoisotopic (exact) mass is 278 g/mol. The molecule has 0 unspecified atom stereocenters. The van der Waals surface area contributed by atoms with Crippen molar-refractivity contribution in [1.29, 1.82) is 0 Å². The second kappa shape index (κ2) is 5.07. The predicted molar refractivity (Wildman–Crippen MR) is 68.4 cm³/mol. The normalized spacial score (nSPS) is 10.9. The smallest absolute Gasteiger partial charge is 0.335 e. The maximum Gasteiger partial charge on any atom is 0.335 e. The fraction of sp³-hybridized carbons (Fsp3) is 0. The van der Waals surface area contributed by atoms with E-state index in [-0.39, 0.29) is 16.3 Å². The van der Waals surface area contributed by atoms with Gasteiger partial charge in [0.2, 0.25) is 0 Å². The third-order valence-electron chi connectivity index (χ3n) is 2.30. The van der Waals surface area contributed by atoms with Crippen LogP contribution >= 0.6 is 0 Å². The molecule has 0 bridgehead atoms. The lowest BCUT2D eigenvalue weighted by atomic mass is 10.2. The number of carbonyl (C=O) groups is 1. The number of nitrogens with zero attached hydrogens (tertiary/aromatic N) is 1. The van der Waals surface area contributed by atoms with Crippen LogP contribution in [0.3, 0.4) is 0 Å². The van der Waals surface area contributed by atoms with Gasteiger partial charge in [-0.3, -0.25) is 4.72 Å². The number of aromatic nitrogens is 1. The quantitative estimate of drug-likeness (QED) is 0.885. The van der Waals surface area contributed by atoms with Gasteiger partial charge in [0.1, 0.15) is 0 Å². The van der Waals surface area contributed by atoms with Crippen LogP contribution in [-0.2, 0) is 10.0 Å². The molecule has 0 atom stereocenters. The van der Waals surface area contributed by atoms with Crippen molar-refractivity contribution in [2.45, 2.75) is 5.03 Å². The number of benzene rings is 1. The molecule has 2 rings (SSSR count). The van der Waals surface area contributed by atoms with Gasteiger partial charge in [-0.1, -0.05) is 6.07 Å². The molecule has 1 heterocycles. The van der Waals surface area contributed by atoms with Crippen molar-refractivity contribution in [3.63, 3.8) is 0 Å². The molecule has 98 valence electrons. The van der Waals surface area contributed by atoms with Crippen molar-refractivity contribution in [3.05, 3.63) is 54.2 Å². The van der Waals surface area contributed by atoms with E-state index in [0.717, 1.165) is 0 Å². The first-order valence-corrected chi connectivity index (χ1v) is 6.74. The van der Waals surface area contributed by atoms with E-state index in [1.807, 2.05) is 0 Å². The molecule has 0 fully saturated rings. The Labute approximate surface area is 109 Å². The summed E-state index contributed by atoms with van der Waals surface area (Å²) in [5, 5.41) is 8.64. The number of carboxylic acids is 1. The van der Waals surface area contributed by atoms with Crippen molar-refractivity contribution in [3.8, 4) is 0 Å². The Morgan fingerprint density at radius 3 is 2.32 bits per heavy atom. The number of aromatic carboxylic acids is 1. The second-order valence-electron chi connectivity index (χ2n) is 3.66. The Bertz CT molecular complexity index is 681. The molecular weight excluding hydrogens is 268 g/mol. The van der Waals surface area contributed by atoms with Crippen LogP contribution < -0.4 is 4.72 Å². The summed E-state index contributed by atoms with van der Waals surface area (Å²) in [7, 11) is -3.75. The molecule has 0 saturated heterocycles. The van der Waals surface area contributed by atoms with E-state index in [9.17, 15) is 13.2 Å². The predicted octanol–water partition coefficient (Wildman–Crippen LogP) is 1.58. The van der Waals surface area contributed by atoms with Crippen LogP contribution in [0.5, 0.6) is 0 Å². The van der Waals surface area contributed by atoms with Crippen molar-refractivity contribution in [1.82, 2.24) is 4.98 Å². The van der Waals surface area contributed by atoms with Crippen LogP contribution in [-0.4, -0.2) is 24.5 Å². The number of nitrogens with one attached hydrogen (secondary N) is 1. The Hall–Kier alpha value is -2.41. The Morgan fingerprint density at radius 1 is 1.11 bits per heavy atom. The van der Waals surface area contributed by atoms with Crippen molar-refractivity contribution < 1.29 is 18.3 Å². The summed E-state index contributed by atoms with van der Waals surface area (Å²) in [4.78, 5) is 14.4. The van der Waals surface area contributed by atoms with Crippen LogP contribution in [0.4, 0.5) is 5.69 Å². The number of hydrogen-bond donors (Lipinski definition) is 2. The minimum atomic E-state index is -3.75. The first-order valence-electron chi connectivity index (χ1n) is 5.26. The molecule has 2 N–H and O–H groups in total. The molecule has 0 radical (unpaired) electrons. The van der Waals surface area contributed by atoms with E-state index in [4.69, 9.17) is 5.11 Å². The van der Waals surface area contributed by atoms with E-state index in [2.05, 4.69) is 9.71 Å². The third-order valence-corrected chi connectivity index (χ3v) is 3.59. The standard InChI is InChI=1S/C12H10N2O4S/c15-12(16)9-4-6-10(7-5-9)14-19(17,18)11-3-1-2-8-13-11/h1-8,14H,(H,15,16). The molecule has 0 spiro atoms. The van der Waals surface area contributed by atoms with Crippen LogP contribution in [0, 0.1) is 0 Å². The lowest BCUT2D eigenvalue weighted by Gasteiger charge is -2.07. The molecule has 19 heavy (non-hydrogen) atoms. The molecule has 0 aliphatic heterocycles. The molecule has 0 aliphatic carbocycles. The Kier molecular flexibility index (Phi) is 3.48. The molecule has 1 aromatic carbocycles. The van der Waals surface area contributed by atoms with Crippen molar-refractivity contribution in [2.24, 2.45) is 0 Å². The number of sulfonamides is 1. The first-order chi connectivity index (χ1) is 8.99. The average molecular weight is 278 g/mol. The number of anilines is 1. The summed E-state index contributed by atoms with van der Waals surface area (Å²) in [6.45, 7) is 0. The van der Waals surface area contributed by atoms with Gasteiger partial charge >= 0.3 is 5.97 Å². The van der Waals surface area contributed by atoms with E-state index >= 15 is 0 Å². The molecule has 0 saturated carbocycles. The summed E-state index contributed by atoms with van der Waals surface area (Å²) < 4.78 is 26.2. The molecule has 1 aromatic heterocycles. The molecule has 0 amide bonds. The topological polar surface area (TPSA) is 96.4 Å². The number of carboxylic acid groups (broad SMARTS) is 1. The minimum absolute atomic E-state index is 0.0841. The van der Waals surface area contributed by atoms with Gasteiger partial charge in [0, 0.05) is 11.9 Å².